The molecule has 2 N–H and O–H groups in total. The lowest BCUT2D eigenvalue weighted by molar-refractivity contribution is -0.128. The summed E-state index contributed by atoms with van der Waals surface area (Å²) in [7, 11) is 0. The van der Waals surface area contributed by atoms with Crippen LogP contribution in [0.4, 0.5) is 11.4 Å². The molecule has 0 aliphatic heterocycles. The van der Waals surface area contributed by atoms with Crippen molar-refractivity contribution < 1.29 is 14.4 Å². The number of amides is 2. The van der Waals surface area contributed by atoms with Gasteiger partial charge in [0, 0.05) is 24.2 Å². The zero-order chi connectivity index (χ0) is 20.1. The minimum atomic E-state index is -0.645. The van der Waals surface area contributed by atoms with Crippen LogP contribution in [0, 0.1) is 11.8 Å². The average Bonchev–Trinajstić information content (AvgIpc) is 3.11. The molecule has 0 heterocycles. The first-order valence-electron chi connectivity index (χ1n) is 9.81. The Bertz CT molecular complexity index is 785. The molecule has 0 unspecified atom stereocenters. The second-order valence-corrected chi connectivity index (χ2v) is 7.24. The maximum atomic E-state index is 12.7. The molecule has 5 nitrogen and oxygen atoms in total. The molecule has 2 aromatic rings. The molecule has 3 rings (SSSR count). The molecule has 5 heteroatoms. The molecule has 0 bridgehead atoms. The highest BCUT2D eigenvalue weighted by Crippen LogP contribution is 2.31. The Morgan fingerprint density at radius 3 is 1.43 bits per heavy atom. The smallest absolute Gasteiger partial charge is 0.228 e. The number of nitrogens with one attached hydrogen (secondary N) is 2. The lowest BCUT2D eigenvalue weighted by Crippen LogP contribution is -2.33. The Kier molecular flexibility index (Phi) is 6.24. The number of anilines is 2. The van der Waals surface area contributed by atoms with E-state index in [4.69, 9.17) is 0 Å². The van der Waals surface area contributed by atoms with Crippen molar-refractivity contribution in [1.29, 1.82) is 0 Å². The number of hydrogen-bond donors (Lipinski definition) is 2. The van der Waals surface area contributed by atoms with Crippen molar-refractivity contribution in [2.75, 3.05) is 10.6 Å². The van der Waals surface area contributed by atoms with Gasteiger partial charge in [-0.15, -0.1) is 0 Å². The average molecular weight is 378 g/mol. The van der Waals surface area contributed by atoms with Crippen molar-refractivity contribution in [3.63, 3.8) is 0 Å². The number of carbonyl (C=O) groups is 3. The van der Waals surface area contributed by atoms with Crippen LogP contribution in [0.5, 0.6) is 0 Å². The van der Waals surface area contributed by atoms with Gasteiger partial charge in [-0.05, 0) is 48.2 Å². The van der Waals surface area contributed by atoms with Gasteiger partial charge in [0.25, 0.3) is 0 Å². The monoisotopic (exact) mass is 378 g/mol. The van der Waals surface area contributed by atoms with Gasteiger partial charge < -0.3 is 10.6 Å². The maximum Gasteiger partial charge on any atom is 0.228 e. The van der Waals surface area contributed by atoms with E-state index in [9.17, 15) is 14.4 Å². The molecule has 0 spiro atoms. The van der Waals surface area contributed by atoms with Crippen LogP contribution < -0.4 is 10.6 Å². The topological polar surface area (TPSA) is 75.3 Å². The molecule has 2 atom stereocenters. The van der Waals surface area contributed by atoms with Gasteiger partial charge in [0.15, 0.2) is 0 Å². The lowest BCUT2D eigenvalue weighted by atomic mass is 9.94. The Balaban J connectivity index is 1.67. The number of benzene rings is 2. The molecule has 0 saturated heterocycles. The summed E-state index contributed by atoms with van der Waals surface area (Å²) in [5, 5.41) is 5.70. The molecule has 0 radical (unpaired) electrons. The summed E-state index contributed by atoms with van der Waals surface area (Å²) in [6.45, 7) is 4.13. The third-order valence-electron chi connectivity index (χ3n) is 5.31. The van der Waals surface area contributed by atoms with Crippen LogP contribution in [0.25, 0.3) is 0 Å². The molecule has 146 valence electrons. The Morgan fingerprint density at radius 2 is 1.11 bits per heavy atom. The molecule has 2 amide bonds. The molecular formula is C23H26N2O3. The summed E-state index contributed by atoms with van der Waals surface area (Å²) < 4.78 is 0. The van der Waals surface area contributed by atoms with Crippen molar-refractivity contribution in [2.45, 2.75) is 39.5 Å². The van der Waals surface area contributed by atoms with Gasteiger partial charge >= 0.3 is 0 Å². The molecule has 0 aromatic heterocycles. The predicted molar refractivity (Wildman–Crippen MR) is 110 cm³/mol. The number of rotatable bonds is 6. The summed E-state index contributed by atoms with van der Waals surface area (Å²) in [6.07, 6.45) is 2.05. The first-order chi connectivity index (χ1) is 13.5. The van der Waals surface area contributed by atoms with Crippen molar-refractivity contribution in [3.05, 3.63) is 59.7 Å². The van der Waals surface area contributed by atoms with Gasteiger partial charge in [0.2, 0.25) is 11.8 Å². The molecule has 1 aliphatic carbocycles. The van der Waals surface area contributed by atoms with Crippen molar-refractivity contribution in [1.82, 2.24) is 0 Å². The lowest BCUT2D eigenvalue weighted by Gasteiger charge is -2.18. The number of Topliss-reactive ketones (excluding diaryl/α,β-unsaturated/α-hetero) is 1. The highest BCUT2D eigenvalue weighted by molar-refractivity contribution is 6.05. The maximum absolute atomic E-state index is 12.7. The number of hydrogen-bond acceptors (Lipinski definition) is 3. The highest BCUT2D eigenvalue weighted by atomic mass is 16.2. The van der Waals surface area contributed by atoms with E-state index in [0.29, 0.717) is 11.4 Å². The second kappa shape index (κ2) is 8.83. The van der Waals surface area contributed by atoms with Crippen LogP contribution in [-0.2, 0) is 27.2 Å². The van der Waals surface area contributed by atoms with Gasteiger partial charge in [0.05, 0.1) is 11.8 Å². The SMILES string of the molecule is CCc1ccc(NC(=O)[C@H]2CC(=O)C[C@H]2C(=O)Nc2ccc(CC)cc2)cc1. The summed E-state index contributed by atoms with van der Waals surface area (Å²) in [4.78, 5) is 37.4. The van der Waals surface area contributed by atoms with E-state index in [2.05, 4.69) is 24.5 Å². The zero-order valence-corrected chi connectivity index (χ0v) is 16.3. The van der Waals surface area contributed by atoms with E-state index in [0.717, 1.165) is 12.8 Å². The van der Waals surface area contributed by atoms with Crippen LogP contribution >= 0.6 is 0 Å². The highest BCUT2D eigenvalue weighted by Gasteiger charge is 2.42. The first-order valence-corrected chi connectivity index (χ1v) is 9.81. The van der Waals surface area contributed by atoms with Crippen molar-refractivity contribution >= 4 is 29.0 Å². The standard InChI is InChI=1S/C23H26N2O3/c1-3-15-5-9-17(10-6-15)24-22(27)20-13-19(26)14-21(20)23(28)25-18-11-7-16(4-2)8-12-18/h5-12,20-21H,3-4,13-14H2,1-2H3,(H,24,27)(H,25,28)/t20-,21+. The van der Waals surface area contributed by atoms with Crippen molar-refractivity contribution in [3.8, 4) is 0 Å². The second-order valence-electron chi connectivity index (χ2n) is 7.24. The molecule has 1 aliphatic rings. The van der Waals surface area contributed by atoms with Gasteiger partial charge in [-0.25, -0.2) is 0 Å². The van der Waals surface area contributed by atoms with Crippen LogP contribution in [0.3, 0.4) is 0 Å². The summed E-state index contributed by atoms with van der Waals surface area (Å²) >= 11 is 0. The van der Waals surface area contributed by atoms with Gasteiger partial charge in [-0.2, -0.15) is 0 Å². The van der Waals surface area contributed by atoms with Gasteiger partial charge in [-0.3, -0.25) is 14.4 Å². The first kappa shape index (κ1) is 19.8. The number of ketones is 1. The largest absolute Gasteiger partial charge is 0.326 e. The van der Waals surface area contributed by atoms with E-state index in [1.165, 1.54) is 11.1 Å². The van der Waals surface area contributed by atoms with E-state index in [1.807, 2.05) is 48.5 Å². The number of aryl methyl sites for hydroxylation is 2. The molecule has 2 aromatic carbocycles. The minimum absolute atomic E-state index is 0.0528. The number of carbonyl (C=O) groups excluding carboxylic acids is 3. The fourth-order valence-electron chi connectivity index (χ4n) is 3.53. The Hall–Kier alpha value is -2.95. The zero-order valence-electron chi connectivity index (χ0n) is 16.3. The van der Waals surface area contributed by atoms with E-state index < -0.39 is 11.8 Å². The predicted octanol–water partition coefficient (Wildman–Crippen LogP) is 3.98. The Morgan fingerprint density at radius 1 is 0.750 bits per heavy atom. The fraction of sp³-hybridized carbons (Fsp3) is 0.348. The third-order valence-corrected chi connectivity index (χ3v) is 5.31. The molecular weight excluding hydrogens is 352 g/mol. The quantitative estimate of drug-likeness (QED) is 0.798. The minimum Gasteiger partial charge on any atom is -0.326 e. The molecule has 1 fully saturated rings. The summed E-state index contributed by atoms with van der Waals surface area (Å²) in [5.41, 5.74) is 3.72. The van der Waals surface area contributed by atoms with Crippen LogP contribution in [0.2, 0.25) is 0 Å². The Labute approximate surface area is 165 Å². The van der Waals surface area contributed by atoms with Gasteiger partial charge in [0.1, 0.15) is 5.78 Å². The summed E-state index contributed by atoms with van der Waals surface area (Å²) in [5.74, 6) is -1.90. The summed E-state index contributed by atoms with van der Waals surface area (Å²) in [6, 6.07) is 15.2. The van der Waals surface area contributed by atoms with Crippen LogP contribution in [0.1, 0.15) is 37.8 Å². The van der Waals surface area contributed by atoms with Crippen molar-refractivity contribution in [2.24, 2.45) is 11.8 Å². The molecule has 28 heavy (non-hydrogen) atoms. The normalized spacial score (nSPS) is 18.7. The van der Waals surface area contributed by atoms with Gasteiger partial charge in [-0.1, -0.05) is 38.1 Å². The fourth-order valence-corrected chi connectivity index (χ4v) is 3.53. The van der Waals surface area contributed by atoms with Crippen LogP contribution in [0.15, 0.2) is 48.5 Å². The van der Waals surface area contributed by atoms with E-state index in [1.54, 1.807) is 0 Å². The van der Waals surface area contributed by atoms with Crippen LogP contribution in [-0.4, -0.2) is 17.6 Å². The van der Waals surface area contributed by atoms with E-state index >= 15 is 0 Å². The third kappa shape index (κ3) is 4.66. The van der Waals surface area contributed by atoms with E-state index in [-0.39, 0.29) is 30.4 Å². The molecule has 1 saturated carbocycles.